The third kappa shape index (κ3) is 6.85. The Balaban J connectivity index is 2.22. The normalized spacial score (nSPS) is 14.3. The molecule has 0 fully saturated rings. The zero-order chi connectivity index (χ0) is 15.0. The Morgan fingerprint density at radius 3 is 2.55 bits per heavy atom. The molecule has 0 amide bonds. The molecule has 3 heteroatoms. The van der Waals surface area contributed by atoms with E-state index in [9.17, 15) is 10.2 Å². The highest BCUT2D eigenvalue weighted by Crippen LogP contribution is 2.16. The van der Waals surface area contributed by atoms with Gasteiger partial charge in [0.15, 0.2) is 0 Å². The van der Waals surface area contributed by atoms with Gasteiger partial charge in [0.2, 0.25) is 0 Å². The molecule has 112 valence electrons. The highest BCUT2D eigenvalue weighted by Gasteiger charge is 2.23. The predicted molar refractivity (Wildman–Crippen MR) is 81.4 cm³/mol. The van der Waals surface area contributed by atoms with E-state index in [2.05, 4.69) is 0 Å². The molecular weight excluding hydrogens is 252 g/mol. The summed E-state index contributed by atoms with van der Waals surface area (Å²) in [6.07, 6.45) is 2.65. The van der Waals surface area contributed by atoms with Gasteiger partial charge in [-0.3, -0.25) is 0 Å². The maximum Gasteiger partial charge on any atom is 0.0849 e. The van der Waals surface area contributed by atoms with Gasteiger partial charge in [0, 0.05) is 0 Å². The fraction of sp³-hybridized carbons (Fsp3) is 0.529. The fourth-order valence-electron chi connectivity index (χ4n) is 1.77. The Kier molecular flexibility index (Phi) is 6.93. The number of hydrogen-bond donors (Lipinski definition) is 2. The van der Waals surface area contributed by atoms with Crippen LogP contribution in [0.25, 0.3) is 0 Å². The molecule has 0 radical (unpaired) electrons. The minimum Gasteiger partial charge on any atom is -0.390 e. The Morgan fingerprint density at radius 1 is 1.30 bits per heavy atom. The van der Waals surface area contributed by atoms with E-state index in [0.29, 0.717) is 19.6 Å². The minimum absolute atomic E-state index is 0.560. The second kappa shape index (κ2) is 8.20. The molecule has 0 saturated heterocycles. The summed E-state index contributed by atoms with van der Waals surface area (Å²) in [5.41, 5.74) is 1.29. The molecule has 0 aliphatic rings. The van der Waals surface area contributed by atoms with Gasteiger partial charge in [-0.05, 0) is 39.2 Å². The first kappa shape index (κ1) is 16.9. The van der Waals surface area contributed by atoms with E-state index in [-0.39, 0.29) is 0 Å². The van der Waals surface area contributed by atoms with Crippen molar-refractivity contribution in [2.45, 2.75) is 51.9 Å². The molecule has 20 heavy (non-hydrogen) atoms. The predicted octanol–water partition coefficient (Wildman–Crippen LogP) is 3.06. The van der Waals surface area contributed by atoms with E-state index in [1.165, 1.54) is 5.57 Å². The molecule has 1 aromatic rings. The van der Waals surface area contributed by atoms with Gasteiger partial charge in [0.05, 0.1) is 24.9 Å². The quantitative estimate of drug-likeness (QED) is 0.567. The molecule has 0 saturated carbocycles. The topological polar surface area (TPSA) is 49.7 Å². The van der Waals surface area contributed by atoms with Crippen molar-refractivity contribution in [1.82, 2.24) is 0 Å². The van der Waals surface area contributed by atoms with Crippen molar-refractivity contribution >= 4 is 0 Å². The first-order valence-electron chi connectivity index (χ1n) is 7.07. The van der Waals surface area contributed by atoms with Crippen molar-refractivity contribution in [3.8, 4) is 0 Å². The van der Waals surface area contributed by atoms with Crippen LogP contribution < -0.4 is 0 Å². The molecule has 1 atom stereocenters. The Hall–Kier alpha value is -1.16. The lowest BCUT2D eigenvalue weighted by Gasteiger charge is -2.24. The monoisotopic (exact) mass is 278 g/mol. The van der Waals surface area contributed by atoms with Crippen LogP contribution in [0.5, 0.6) is 0 Å². The van der Waals surface area contributed by atoms with Crippen LogP contribution in [-0.4, -0.2) is 28.5 Å². The molecule has 0 heterocycles. The average Bonchev–Trinajstić information content (AvgIpc) is 2.41. The second-order valence-electron chi connectivity index (χ2n) is 5.76. The lowest BCUT2D eigenvalue weighted by molar-refractivity contribution is -0.0509. The van der Waals surface area contributed by atoms with Crippen LogP contribution in [0.3, 0.4) is 0 Å². The van der Waals surface area contributed by atoms with Crippen molar-refractivity contribution in [3.05, 3.63) is 47.5 Å². The molecule has 0 aromatic heterocycles. The summed E-state index contributed by atoms with van der Waals surface area (Å²) in [5.74, 6) is 0. The van der Waals surface area contributed by atoms with E-state index >= 15 is 0 Å². The van der Waals surface area contributed by atoms with Gasteiger partial charge < -0.3 is 14.9 Å². The van der Waals surface area contributed by atoms with E-state index in [4.69, 9.17) is 4.74 Å². The Labute approximate surface area is 121 Å². The Bertz CT molecular complexity index is 404. The third-order valence-electron chi connectivity index (χ3n) is 3.29. The van der Waals surface area contributed by atoms with E-state index in [0.717, 1.165) is 12.0 Å². The second-order valence-corrected chi connectivity index (χ2v) is 5.76. The molecule has 1 rings (SSSR count). The number of benzene rings is 1. The molecule has 3 nitrogen and oxygen atoms in total. The van der Waals surface area contributed by atoms with Crippen molar-refractivity contribution in [2.75, 3.05) is 6.61 Å². The summed E-state index contributed by atoms with van der Waals surface area (Å²) >= 11 is 0. The van der Waals surface area contributed by atoms with Crippen molar-refractivity contribution in [2.24, 2.45) is 0 Å². The largest absolute Gasteiger partial charge is 0.390 e. The number of aliphatic hydroxyl groups is 2. The smallest absolute Gasteiger partial charge is 0.0849 e. The van der Waals surface area contributed by atoms with Gasteiger partial charge in [-0.2, -0.15) is 0 Å². The third-order valence-corrected chi connectivity index (χ3v) is 3.29. The standard InChI is InChI=1S/C17H26O3/c1-14(9-10-16(18)17(2,3)19)11-12-20-13-15-7-5-4-6-8-15/h4-8,11,16,18-19H,9-10,12-13H2,1-3H3/b14-11+/t16-/m1/s1. The first-order chi connectivity index (χ1) is 9.39. The van der Waals surface area contributed by atoms with Crippen LogP contribution in [0, 0.1) is 0 Å². The van der Waals surface area contributed by atoms with Gasteiger partial charge >= 0.3 is 0 Å². The van der Waals surface area contributed by atoms with Crippen LogP contribution in [0.2, 0.25) is 0 Å². The summed E-state index contributed by atoms with van der Waals surface area (Å²) in [5, 5.41) is 19.4. The van der Waals surface area contributed by atoms with Crippen LogP contribution in [0.15, 0.2) is 42.0 Å². The van der Waals surface area contributed by atoms with Gasteiger partial charge in [-0.1, -0.05) is 42.0 Å². The minimum atomic E-state index is -1.04. The lowest BCUT2D eigenvalue weighted by atomic mass is 9.96. The SMILES string of the molecule is C/C(=C\COCc1ccccc1)CC[C@@H](O)C(C)(C)O. The number of rotatable bonds is 8. The molecule has 0 bridgehead atoms. The van der Waals surface area contributed by atoms with Crippen LogP contribution in [0.4, 0.5) is 0 Å². The number of allylic oxidation sites excluding steroid dienone is 1. The Morgan fingerprint density at radius 2 is 1.95 bits per heavy atom. The molecular formula is C17H26O3. The molecule has 0 unspecified atom stereocenters. The average molecular weight is 278 g/mol. The van der Waals surface area contributed by atoms with Crippen molar-refractivity contribution in [3.63, 3.8) is 0 Å². The zero-order valence-corrected chi connectivity index (χ0v) is 12.7. The van der Waals surface area contributed by atoms with E-state index in [1.54, 1.807) is 13.8 Å². The summed E-state index contributed by atoms with van der Waals surface area (Å²) in [4.78, 5) is 0. The fourth-order valence-corrected chi connectivity index (χ4v) is 1.77. The summed E-state index contributed by atoms with van der Waals surface area (Å²) in [6.45, 7) is 6.44. The van der Waals surface area contributed by atoms with Crippen LogP contribution >= 0.6 is 0 Å². The van der Waals surface area contributed by atoms with Crippen LogP contribution in [0.1, 0.15) is 39.2 Å². The van der Waals surface area contributed by atoms with Crippen molar-refractivity contribution < 1.29 is 14.9 Å². The molecule has 1 aromatic carbocycles. The highest BCUT2D eigenvalue weighted by molar-refractivity contribution is 5.13. The molecule has 0 aliphatic heterocycles. The van der Waals surface area contributed by atoms with Gasteiger partial charge in [0.1, 0.15) is 0 Å². The lowest BCUT2D eigenvalue weighted by Crippen LogP contribution is -2.35. The number of ether oxygens (including phenoxy) is 1. The molecule has 0 spiro atoms. The summed E-state index contributed by atoms with van der Waals surface area (Å²) in [6, 6.07) is 10.1. The van der Waals surface area contributed by atoms with Crippen LogP contribution in [-0.2, 0) is 11.3 Å². The van der Waals surface area contributed by atoms with Gasteiger partial charge in [-0.15, -0.1) is 0 Å². The summed E-state index contributed by atoms with van der Waals surface area (Å²) < 4.78 is 5.58. The molecule has 0 aliphatic carbocycles. The van der Waals surface area contributed by atoms with Gasteiger partial charge in [-0.25, -0.2) is 0 Å². The summed E-state index contributed by atoms with van der Waals surface area (Å²) in [7, 11) is 0. The highest BCUT2D eigenvalue weighted by atomic mass is 16.5. The maximum atomic E-state index is 9.75. The van der Waals surface area contributed by atoms with E-state index in [1.807, 2.05) is 43.3 Å². The molecule has 2 N–H and O–H groups in total. The van der Waals surface area contributed by atoms with Crippen molar-refractivity contribution in [1.29, 1.82) is 0 Å². The number of aliphatic hydroxyl groups excluding tert-OH is 1. The number of hydrogen-bond acceptors (Lipinski definition) is 3. The first-order valence-corrected chi connectivity index (χ1v) is 7.07. The zero-order valence-electron chi connectivity index (χ0n) is 12.7. The maximum absolute atomic E-state index is 9.75. The van der Waals surface area contributed by atoms with Gasteiger partial charge in [0.25, 0.3) is 0 Å². The van der Waals surface area contributed by atoms with E-state index < -0.39 is 11.7 Å².